The number of terminal acetylenes is 1. The highest BCUT2D eigenvalue weighted by atomic mass is 16.6. The van der Waals surface area contributed by atoms with Crippen molar-refractivity contribution in [2.75, 3.05) is 6.61 Å². The van der Waals surface area contributed by atoms with Crippen LogP contribution in [0.5, 0.6) is 0 Å². The van der Waals surface area contributed by atoms with E-state index in [0.29, 0.717) is 19.3 Å². The molecule has 0 bridgehead atoms. The van der Waals surface area contributed by atoms with Crippen LogP contribution in [0.15, 0.2) is 21.9 Å². The second-order valence-electron chi connectivity index (χ2n) is 5.51. The Balaban J connectivity index is 2.41. The third-order valence-electron chi connectivity index (χ3n) is 4.04. The molecule has 23 heavy (non-hydrogen) atoms. The van der Waals surface area contributed by atoms with Gasteiger partial charge in [0.15, 0.2) is 5.72 Å². The number of hydrogen-bond acceptors (Lipinski definition) is 6. The zero-order chi connectivity index (χ0) is 17.0. The van der Waals surface area contributed by atoms with Crippen molar-refractivity contribution in [2.24, 2.45) is 0 Å². The summed E-state index contributed by atoms with van der Waals surface area (Å²) in [6.45, 7) is -0.511. The molecule has 126 valence electrons. The Hall–Kier alpha value is -1.92. The van der Waals surface area contributed by atoms with E-state index in [1.165, 1.54) is 6.20 Å². The predicted molar refractivity (Wildman–Crippen MR) is 80.6 cm³/mol. The molecular formula is C15H20N2O6. The minimum atomic E-state index is -1.57. The van der Waals surface area contributed by atoms with Crippen molar-refractivity contribution in [3.05, 3.63) is 33.1 Å². The van der Waals surface area contributed by atoms with Crippen molar-refractivity contribution in [2.45, 2.75) is 49.7 Å². The fraction of sp³-hybridized carbons (Fsp3) is 0.600. The van der Waals surface area contributed by atoms with E-state index in [0.717, 1.165) is 10.6 Å². The summed E-state index contributed by atoms with van der Waals surface area (Å²) in [6, 6.07) is 1.12. The van der Waals surface area contributed by atoms with Gasteiger partial charge in [-0.25, -0.2) is 4.79 Å². The molecule has 0 aromatic carbocycles. The number of aromatic amines is 1. The summed E-state index contributed by atoms with van der Waals surface area (Å²) in [5.41, 5.74) is -2.91. The summed E-state index contributed by atoms with van der Waals surface area (Å²) in [7, 11) is 0. The Bertz CT molecular complexity index is 690. The van der Waals surface area contributed by atoms with Gasteiger partial charge in [0, 0.05) is 18.7 Å². The molecule has 1 saturated heterocycles. The van der Waals surface area contributed by atoms with Gasteiger partial charge < -0.3 is 20.1 Å². The standard InChI is InChI=1S/C15H20N2O6/c1-2-3-4-5-7-15(13(21)12(20)10(9-18)23-15)17-8-6-11(19)16-14(17)22/h1,6,8,10,12-13,18,20-21H,3-5,7,9H2,(H,16,19,22)/t10-,12-,13-,15-/m1/s1. The number of unbranched alkanes of at least 4 members (excludes halogenated alkanes) is 2. The Morgan fingerprint density at radius 3 is 2.70 bits per heavy atom. The van der Waals surface area contributed by atoms with Gasteiger partial charge in [-0.3, -0.25) is 14.3 Å². The predicted octanol–water partition coefficient (Wildman–Crippen LogP) is -1.50. The van der Waals surface area contributed by atoms with Crippen molar-refractivity contribution < 1.29 is 20.1 Å². The van der Waals surface area contributed by atoms with E-state index in [2.05, 4.69) is 10.9 Å². The lowest BCUT2D eigenvalue weighted by molar-refractivity contribution is -0.156. The summed E-state index contributed by atoms with van der Waals surface area (Å²) >= 11 is 0. The summed E-state index contributed by atoms with van der Waals surface area (Å²) in [4.78, 5) is 25.4. The van der Waals surface area contributed by atoms with Crippen LogP contribution >= 0.6 is 0 Å². The molecular weight excluding hydrogens is 304 g/mol. The molecule has 0 saturated carbocycles. The highest BCUT2D eigenvalue weighted by Gasteiger charge is 2.55. The molecule has 1 aliphatic rings. The number of aliphatic hydroxyl groups is 3. The third kappa shape index (κ3) is 3.23. The molecule has 1 aliphatic heterocycles. The van der Waals surface area contributed by atoms with E-state index >= 15 is 0 Å². The maximum absolute atomic E-state index is 12.1. The molecule has 1 aromatic rings. The smallest absolute Gasteiger partial charge is 0.330 e. The molecule has 0 spiro atoms. The van der Waals surface area contributed by atoms with E-state index in [-0.39, 0.29) is 6.42 Å². The van der Waals surface area contributed by atoms with Crippen LogP contribution < -0.4 is 11.2 Å². The molecule has 4 N–H and O–H groups in total. The van der Waals surface area contributed by atoms with Gasteiger partial charge in [-0.15, -0.1) is 12.3 Å². The quantitative estimate of drug-likeness (QED) is 0.373. The van der Waals surface area contributed by atoms with Crippen LogP contribution in [0, 0.1) is 12.3 Å². The van der Waals surface area contributed by atoms with Crippen LogP contribution in [0.25, 0.3) is 0 Å². The number of rotatable bonds is 6. The molecule has 0 unspecified atom stereocenters. The Morgan fingerprint density at radius 1 is 1.39 bits per heavy atom. The maximum atomic E-state index is 12.1. The average molecular weight is 324 g/mol. The van der Waals surface area contributed by atoms with Crippen LogP contribution in [-0.4, -0.2) is 49.8 Å². The highest BCUT2D eigenvalue weighted by Crippen LogP contribution is 2.38. The monoisotopic (exact) mass is 324 g/mol. The maximum Gasteiger partial charge on any atom is 0.330 e. The SMILES string of the molecule is C#CCCCC[C@@]1(n2ccc(=O)[nH]c2=O)O[C@H](CO)[C@@H](O)[C@H]1O. The molecule has 1 fully saturated rings. The molecule has 0 radical (unpaired) electrons. The van der Waals surface area contributed by atoms with Crippen molar-refractivity contribution in [3.8, 4) is 12.3 Å². The van der Waals surface area contributed by atoms with E-state index in [9.17, 15) is 24.9 Å². The minimum Gasteiger partial charge on any atom is -0.394 e. The van der Waals surface area contributed by atoms with Crippen molar-refractivity contribution in [1.29, 1.82) is 0 Å². The lowest BCUT2D eigenvalue weighted by Gasteiger charge is -2.33. The molecule has 0 aliphatic carbocycles. The first-order chi connectivity index (χ1) is 11.0. The molecule has 8 heteroatoms. The van der Waals surface area contributed by atoms with Gasteiger partial charge in [-0.05, 0) is 19.3 Å². The number of ether oxygens (including phenoxy) is 1. The number of aromatic nitrogens is 2. The fourth-order valence-electron chi connectivity index (χ4n) is 2.86. The van der Waals surface area contributed by atoms with Gasteiger partial charge in [0.25, 0.3) is 5.56 Å². The van der Waals surface area contributed by atoms with Gasteiger partial charge in [-0.2, -0.15) is 0 Å². The second kappa shape index (κ2) is 7.10. The van der Waals surface area contributed by atoms with Crippen LogP contribution in [0.3, 0.4) is 0 Å². The summed E-state index contributed by atoms with van der Waals surface area (Å²) in [5, 5.41) is 29.8. The number of nitrogens with one attached hydrogen (secondary N) is 1. The van der Waals surface area contributed by atoms with Gasteiger partial charge in [0.05, 0.1) is 6.61 Å². The van der Waals surface area contributed by atoms with E-state index in [1.807, 2.05) is 0 Å². The van der Waals surface area contributed by atoms with Crippen molar-refractivity contribution in [3.63, 3.8) is 0 Å². The fourth-order valence-corrected chi connectivity index (χ4v) is 2.86. The number of nitrogens with zero attached hydrogens (tertiary/aromatic N) is 1. The Labute approximate surface area is 132 Å². The van der Waals surface area contributed by atoms with E-state index < -0.39 is 41.9 Å². The summed E-state index contributed by atoms with van der Waals surface area (Å²) in [5.74, 6) is 2.50. The van der Waals surface area contributed by atoms with Gasteiger partial charge >= 0.3 is 5.69 Å². The molecule has 1 aromatic heterocycles. The van der Waals surface area contributed by atoms with Crippen LogP contribution in [0.4, 0.5) is 0 Å². The first-order valence-corrected chi connectivity index (χ1v) is 7.37. The molecule has 0 amide bonds. The second-order valence-corrected chi connectivity index (χ2v) is 5.51. The first-order valence-electron chi connectivity index (χ1n) is 7.37. The topological polar surface area (TPSA) is 125 Å². The molecule has 8 nitrogen and oxygen atoms in total. The highest BCUT2D eigenvalue weighted by molar-refractivity contribution is 5.02. The van der Waals surface area contributed by atoms with Crippen LogP contribution in [0.2, 0.25) is 0 Å². The summed E-state index contributed by atoms with van der Waals surface area (Å²) in [6.07, 6.45) is 4.47. The largest absolute Gasteiger partial charge is 0.394 e. The third-order valence-corrected chi connectivity index (χ3v) is 4.04. The van der Waals surface area contributed by atoms with E-state index in [4.69, 9.17) is 11.2 Å². The van der Waals surface area contributed by atoms with Gasteiger partial charge in [0.2, 0.25) is 0 Å². The molecule has 2 rings (SSSR count). The Kier molecular flexibility index (Phi) is 5.38. The summed E-state index contributed by atoms with van der Waals surface area (Å²) < 4.78 is 6.70. The lowest BCUT2D eigenvalue weighted by Crippen LogP contribution is -2.51. The molecule has 2 heterocycles. The number of H-pyrrole nitrogens is 1. The van der Waals surface area contributed by atoms with E-state index in [1.54, 1.807) is 0 Å². The average Bonchev–Trinajstić information content (AvgIpc) is 2.77. The zero-order valence-corrected chi connectivity index (χ0v) is 12.5. The lowest BCUT2D eigenvalue weighted by atomic mass is 9.96. The van der Waals surface area contributed by atoms with Crippen molar-refractivity contribution in [1.82, 2.24) is 9.55 Å². The van der Waals surface area contributed by atoms with Crippen molar-refractivity contribution >= 4 is 0 Å². The number of aliphatic hydroxyl groups excluding tert-OH is 3. The first kappa shape index (κ1) is 17.4. The van der Waals surface area contributed by atoms with Crippen LogP contribution in [-0.2, 0) is 10.5 Å². The molecule has 4 atom stereocenters. The van der Waals surface area contributed by atoms with Crippen LogP contribution in [0.1, 0.15) is 25.7 Å². The zero-order valence-electron chi connectivity index (χ0n) is 12.5. The van der Waals surface area contributed by atoms with Gasteiger partial charge in [-0.1, -0.05) is 0 Å². The minimum absolute atomic E-state index is 0.190. The Morgan fingerprint density at radius 2 is 2.13 bits per heavy atom. The normalized spacial score (nSPS) is 30.3. The van der Waals surface area contributed by atoms with Gasteiger partial charge in [0.1, 0.15) is 18.3 Å². The number of hydrogen-bond donors (Lipinski definition) is 4.